The standard InChI is InChI=1S/C18H27N3/c1-4-5-6-7-8-13(2)20-18-11-14(3)21-17-10-9-15(19)12-16(17)18/h9-13H,4-8,19H2,1-3H3,(H,20,21). The molecule has 2 aromatic rings. The number of hydrogen-bond donors (Lipinski definition) is 2. The molecular formula is C18H27N3. The molecule has 0 aliphatic heterocycles. The van der Waals surface area contributed by atoms with Crippen LogP contribution in [0.1, 0.15) is 51.6 Å². The van der Waals surface area contributed by atoms with Gasteiger partial charge < -0.3 is 11.1 Å². The molecule has 0 saturated carbocycles. The van der Waals surface area contributed by atoms with E-state index in [1.165, 1.54) is 32.1 Å². The van der Waals surface area contributed by atoms with Gasteiger partial charge in [-0.05, 0) is 44.5 Å². The van der Waals surface area contributed by atoms with Crippen LogP contribution in [-0.2, 0) is 0 Å². The fourth-order valence-corrected chi connectivity index (χ4v) is 2.71. The summed E-state index contributed by atoms with van der Waals surface area (Å²) in [4.78, 5) is 4.58. The minimum atomic E-state index is 0.466. The number of unbranched alkanes of at least 4 members (excludes halogenated alkanes) is 3. The summed E-state index contributed by atoms with van der Waals surface area (Å²) in [6, 6.07) is 8.49. The highest BCUT2D eigenvalue weighted by molar-refractivity contribution is 5.93. The molecule has 3 N–H and O–H groups in total. The molecule has 1 atom stereocenters. The number of benzene rings is 1. The van der Waals surface area contributed by atoms with Crippen molar-refractivity contribution in [3.8, 4) is 0 Å². The normalized spacial score (nSPS) is 12.5. The molecule has 0 saturated heterocycles. The van der Waals surface area contributed by atoms with E-state index >= 15 is 0 Å². The highest BCUT2D eigenvalue weighted by Crippen LogP contribution is 2.26. The van der Waals surface area contributed by atoms with Crippen molar-refractivity contribution in [2.75, 3.05) is 11.1 Å². The number of fused-ring (bicyclic) bond motifs is 1. The van der Waals surface area contributed by atoms with Crippen LogP contribution in [0.15, 0.2) is 24.3 Å². The minimum absolute atomic E-state index is 0.466. The molecule has 3 nitrogen and oxygen atoms in total. The molecule has 1 aromatic heterocycles. The summed E-state index contributed by atoms with van der Waals surface area (Å²) in [5.74, 6) is 0. The van der Waals surface area contributed by atoms with E-state index < -0.39 is 0 Å². The molecule has 3 heteroatoms. The molecule has 1 heterocycles. The van der Waals surface area contributed by atoms with Gasteiger partial charge in [-0.1, -0.05) is 32.6 Å². The van der Waals surface area contributed by atoms with Gasteiger partial charge in [0.05, 0.1) is 5.52 Å². The average Bonchev–Trinajstić information content (AvgIpc) is 2.44. The Bertz CT molecular complexity index is 592. The number of rotatable bonds is 7. The summed E-state index contributed by atoms with van der Waals surface area (Å²) >= 11 is 0. The number of nitrogens with two attached hydrogens (primary N) is 1. The van der Waals surface area contributed by atoms with Crippen LogP contribution in [0.3, 0.4) is 0 Å². The fraction of sp³-hybridized carbons (Fsp3) is 0.500. The van der Waals surface area contributed by atoms with Gasteiger partial charge in [0.2, 0.25) is 0 Å². The topological polar surface area (TPSA) is 50.9 Å². The lowest BCUT2D eigenvalue weighted by atomic mass is 10.1. The first-order valence-electron chi connectivity index (χ1n) is 8.03. The second kappa shape index (κ2) is 7.30. The van der Waals surface area contributed by atoms with E-state index in [2.05, 4.69) is 30.2 Å². The van der Waals surface area contributed by atoms with Crippen molar-refractivity contribution >= 4 is 22.3 Å². The van der Waals surface area contributed by atoms with Crippen LogP contribution in [0.5, 0.6) is 0 Å². The molecule has 1 aromatic carbocycles. The van der Waals surface area contributed by atoms with Gasteiger partial charge in [0.25, 0.3) is 0 Å². The van der Waals surface area contributed by atoms with Crippen LogP contribution in [0.2, 0.25) is 0 Å². The Morgan fingerprint density at radius 3 is 2.76 bits per heavy atom. The largest absolute Gasteiger partial charge is 0.399 e. The molecule has 1 unspecified atom stereocenters. The quantitative estimate of drug-likeness (QED) is 0.562. The molecule has 114 valence electrons. The SMILES string of the molecule is CCCCCCC(C)Nc1cc(C)nc2ccc(N)cc12. The van der Waals surface area contributed by atoms with Crippen molar-refractivity contribution in [3.63, 3.8) is 0 Å². The minimum Gasteiger partial charge on any atom is -0.399 e. The number of aromatic nitrogens is 1. The molecule has 0 radical (unpaired) electrons. The molecule has 0 fully saturated rings. The summed E-state index contributed by atoms with van der Waals surface area (Å²) < 4.78 is 0. The van der Waals surface area contributed by atoms with Gasteiger partial charge in [-0.2, -0.15) is 0 Å². The Hall–Kier alpha value is -1.77. The molecule has 0 aliphatic carbocycles. The second-order valence-corrected chi connectivity index (χ2v) is 5.98. The lowest BCUT2D eigenvalue weighted by Gasteiger charge is -2.17. The van der Waals surface area contributed by atoms with Gasteiger partial charge in [0.15, 0.2) is 0 Å². The summed E-state index contributed by atoms with van der Waals surface area (Å²) in [5.41, 5.74) is 9.89. The first-order chi connectivity index (χ1) is 10.1. The highest BCUT2D eigenvalue weighted by Gasteiger charge is 2.08. The zero-order valence-electron chi connectivity index (χ0n) is 13.4. The zero-order chi connectivity index (χ0) is 15.2. The number of nitrogens with zero attached hydrogens (tertiary/aromatic N) is 1. The van der Waals surface area contributed by atoms with Crippen LogP contribution in [0, 0.1) is 6.92 Å². The number of hydrogen-bond acceptors (Lipinski definition) is 3. The monoisotopic (exact) mass is 285 g/mol. The zero-order valence-corrected chi connectivity index (χ0v) is 13.4. The van der Waals surface area contributed by atoms with E-state index in [9.17, 15) is 0 Å². The van der Waals surface area contributed by atoms with Gasteiger partial charge in [-0.15, -0.1) is 0 Å². The fourth-order valence-electron chi connectivity index (χ4n) is 2.71. The predicted molar refractivity (Wildman–Crippen MR) is 92.7 cm³/mol. The van der Waals surface area contributed by atoms with Crippen molar-refractivity contribution in [3.05, 3.63) is 30.0 Å². The molecule has 2 rings (SSSR count). The Balaban J connectivity index is 2.11. The maximum Gasteiger partial charge on any atom is 0.0727 e. The summed E-state index contributed by atoms with van der Waals surface area (Å²) in [5, 5.41) is 4.75. The third-order valence-corrected chi connectivity index (χ3v) is 3.85. The van der Waals surface area contributed by atoms with Gasteiger partial charge in [0, 0.05) is 28.5 Å². The van der Waals surface area contributed by atoms with Crippen molar-refractivity contribution in [2.45, 2.75) is 58.9 Å². The van der Waals surface area contributed by atoms with Crippen molar-refractivity contribution in [1.29, 1.82) is 0 Å². The van der Waals surface area contributed by atoms with E-state index in [0.717, 1.165) is 28.0 Å². The summed E-state index contributed by atoms with van der Waals surface area (Å²) in [7, 11) is 0. The van der Waals surface area contributed by atoms with Crippen molar-refractivity contribution < 1.29 is 0 Å². The maximum atomic E-state index is 5.92. The van der Waals surface area contributed by atoms with Crippen LogP contribution < -0.4 is 11.1 Å². The third-order valence-electron chi connectivity index (χ3n) is 3.85. The molecule has 21 heavy (non-hydrogen) atoms. The summed E-state index contributed by atoms with van der Waals surface area (Å²) in [6.07, 6.45) is 6.43. The average molecular weight is 285 g/mol. The number of nitrogen functional groups attached to an aromatic ring is 1. The Labute approximate surface area is 128 Å². The van der Waals surface area contributed by atoms with Gasteiger partial charge >= 0.3 is 0 Å². The van der Waals surface area contributed by atoms with E-state index in [1.807, 2.05) is 25.1 Å². The second-order valence-electron chi connectivity index (χ2n) is 5.98. The van der Waals surface area contributed by atoms with Crippen LogP contribution >= 0.6 is 0 Å². The smallest absolute Gasteiger partial charge is 0.0727 e. The van der Waals surface area contributed by atoms with Crippen LogP contribution in [-0.4, -0.2) is 11.0 Å². The first kappa shape index (κ1) is 15.6. The lowest BCUT2D eigenvalue weighted by molar-refractivity contribution is 0.594. The van der Waals surface area contributed by atoms with E-state index in [0.29, 0.717) is 6.04 Å². The Morgan fingerprint density at radius 2 is 2.00 bits per heavy atom. The number of anilines is 2. The van der Waals surface area contributed by atoms with E-state index in [1.54, 1.807) is 0 Å². The maximum absolute atomic E-state index is 5.92. The first-order valence-corrected chi connectivity index (χ1v) is 8.03. The number of nitrogens with one attached hydrogen (secondary N) is 1. The molecule has 0 bridgehead atoms. The number of aryl methyl sites for hydroxylation is 1. The predicted octanol–water partition coefficient (Wildman–Crippen LogP) is 4.90. The summed E-state index contributed by atoms with van der Waals surface area (Å²) in [6.45, 7) is 6.53. The van der Waals surface area contributed by atoms with Gasteiger partial charge in [0.1, 0.15) is 0 Å². The third kappa shape index (κ3) is 4.35. The lowest BCUT2D eigenvalue weighted by Crippen LogP contribution is -2.15. The van der Waals surface area contributed by atoms with Gasteiger partial charge in [-0.25, -0.2) is 0 Å². The Morgan fingerprint density at radius 1 is 1.19 bits per heavy atom. The molecule has 0 amide bonds. The van der Waals surface area contributed by atoms with Crippen LogP contribution in [0.25, 0.3) is 10.9 Å². The number of pyridine rings is 1. The highest BCUT2D eigenvalue weighted by atomic mass is 14.9. The van der Waals surface area contributed by atoms with Gasteiger partial charge in [-0.3, -0.25) is 4.98 Å². The van der Waals surface area contributed by atoms with Crippen molar-refractivity contribution in [2.24, 2.45) is 0 Å². The van der Waals surface area contributed by atoms with E-state index in [4.69, 9.17) is 5.73 Å². The molecule has 0 spiro atoms. The molecular weight excluding hydrogens is 258 g/mol. The Kier molecular flexibility index (Phi) is 5.43. The van der Waals surface area contributed by atoms with Crippen molar-refractivity contribution in [1.82, 2.24) is 4.98 Å². The van der Waals surface area contributed by atoms with Crippen LogP contribution in [0.4, 0.5) is 11.4 Å². The molecule has 0 aliphatic rings. The van der Waals surface area contributed by atoms with E-state index in [-0.39, 0.29) is 0 Å².